The molecule has 2 N–H and O–H groups in total. The summed E-state index contributed by atoms with van der Waals surface area (Å²) < 4.78 is 12.7. The first-order valence-corrected chi connectivity index (χ1v) is 5.61. The summed E-state index contributed by atoms with van der Waals surface area (Å²) in [6, 6.07) is 6.83. The lowest BCUT2D eigenvalue weighted by Gasteiger charge is -2.18. The van der Waals surface area contributed by atoms with Crippen molar-refractivity contribution in [2.45, 2.75) is 32.1 Å². The van der Waals surface area contributed by atoms with Crippen molar-refractivity contribution in [1.29, 1.82) is 0 Å². The minimum Gasteiger partial charge on any atom is -0.330 e. The maximum Gasteiger partial charge on any atom is 0.123 e. The Morgan fingerprint density at radius 3 is 2.40 bits per heavy atom. The third-order valence-corrected chi connectivity index (χ3v) is 3.57. The predicted octanol–water partition coefficient (Wildman–Crippen LogP) is 3.06. The highest BCUT2D eigenvalue weighted by Crippen LogP contribution is 2.51. The molecule has 0 aliphatic heterocycles. The van der Waals surface area contributed by atoms with Crippen LogP contribution in [-0.2, 0) is 0 Å². The minimum atomic E-state index is -0.161. The normalized spacial score (nSPS) is 19.9. The number of rotatable bonds is 4. The molecule has 0 amide bonds. The third-order valence-electron chi connectivity index (χ3n) is 3.57. The molecule has 0 spiro atoms. The van der Waals surface area contributed by atoms with E-state index in [-0.39, 0.29) is 5.82 Å². The average Bonchev–Trinajstić information content (AvgIpc) is 2.99. The van der Waals surface area contributed by atoms with Crippen LogP contribution in [0.1, 0.15) is 37.7 Å². The molecule has 1 aromatic rings. The molecule has 1 fully saturated rings. The Kier molecular flexibility index (Phi) is 2.79. The van der Waals surface area contributed by atoms with E-state index in [1.165, 1.54) is 30.5 Å². The molecule has 0 saturated heterocycles. The van der Waals surface area contributed by atoms with Crippen molar-refractivity contribution in [2.75, 3.05) is 6.54 Å². The lowest BCUT2D eigenvalue weighted by Crippen LogP contribution is -2.17. The van der Waals surface area contributed by atoms with Crippen molar-refractivity contribution in [3.63, 3.8) is 0 Å². The molecule has 1 unspecified atom stereocenters. The molecule has 15 heavy (non-hydrogen) atoms. The van der Waals surface area contributed by atoms with Gasteiger partial charge in [-0.1, -0.05) is 19.1 Å². The van der Waals surface area contributed by atoms with Gasteiger partial charge in [0.15, 0.2) is 0 Å². The molecule has 1 nitrogen and oxygen atoms in total. The van der Waals surface area contributed by atoms with E-state index in [0.717, 1.165) is 13.0 Å². The van der Waals surface area contributed by atoms with Gasteiger partial charge in [0.25, 0.3) is 0 Å². The van der Waals surface area contributed by atoms with Crippen LogP contribution < -0.4 is 5.73 Å². The van der Waals surface area contributed by atoms with Gasteiger partial charge >= 0.3 is 0 Å². The molecular weight excluding hydrogens is 189 g/mol. The third kappa shape index (κ3) is 2.37. The maximum absolute atomic E-state index is 12.7. The van der Waals surface area contributed by atoms with Crippen LogP contribution >= 0.6 is 0 Å². The Bertz CT molecular complexity index is 327. The highest BCUT2D eigenvalue weighted by molar-refractivity contribution is 5.20. The highest BCUT2D eigenvalue weighted by atomic mass is 19.1. The largest absolute Gasteiger partial charge is 0.330 e. The van der Waals surface area contributed by atoms with Crippen LogP contribution in [0.2, 0.25) is 0 Å². The first-order chi connectivity index (χ1) is 7.15. The number of nitrogens with two attached hydrogens (primary N) is 1. The van der Waals surface area contributed by atoms with E-state index in [4.69, 9.17) is 5.73 Å². The average molecular weight is 207 g/mol. The number of benzene rings is 1. The minimum absolute atomic E-state index is 0.161. The summed E-state index contributed by atoms with van der Waals surface area (Å²) in [6.07, 6.45) is 3.65. The number of halogens is 1. The van der Waals surface area contributed by atoms with Gasteiger partial charge in [-0.2, -0.15) is 0 Å². The second-order valence-corrected chi connectivity index (χ2v) is 4.86. The van der Waals surface area contributed by atoms with Crippen molar-refractivity contribution < 1.29 is 4.39 Å². The quantitative estimate of drug-likeness (QED) is 0.806. The second-order valence-electron chi connectivity index (χ2n) is 4.86. The molecule has 0 heterocycles. The monoisotopic (exact) mass is 207 g/mol. The predicted molar refractivity (Wildman–Crippen MR) is 60.2 cm³/mol. The van der Waals surface area contributed by atoms with Crippen molar-refractivity contribution in [1.82, 2.24) is 0 Å². The molecule has 0 bridgehead atoms. The summed E-state index contributed by atoms with van der Waals surface area (Å²) >= 11 is 0. The zero-order chi connectivity index (χ0) is 10.9. The van der Waals surface area contributed by atoms with E-state index in [9.17, 15) is 4.39 Å². The molecule has 2 heteroatoms. The van der Waals surface area contributed by atoms with Crippen LogP contribution in [0.15, 0.2) is 24.3 Å². The van der Waals surface area contributed by atoms with Gasteiger partial charge in [-0.3, -0.25) is 0 Å². The van der Waals surface area contributed by atoms with E-state index >= 15 is 0 Å². The molecule has 2 rings (SSSR count). The summed E-state index contributed by atoms with van der Waals surface area (Å²) in [7, 11) is 0. The van der Waals surface area contributed by atoms with Crippen molar-refractivity contribution in [3.05, 3.63) is 35.6 Å². The molecule has 0 radical (unpaired) electrons. The Balaban J connectivity index is 2.01. The fourth-order valence-corrected chi connectivity index (χ4v) is 2.23. The highest BCUT2D eigenvalue weighted by Gasteiger charge is 2.41. The number of hydrogen-bond acceptors (Lipinski definition) is 1. The molecule has 1 aliphatic carbocycles. The van der Waals surface area contributed by atoms with Gasteiger partial charge in [0.05, 0.1) is 0 Å². The second kappa shape index (κ2) is 3.93. The van der Waals surface area contributed by atoms with E-state index in [0.29, 0.717) is 11.3 Å². The Morgan fingerprint density at radius 2 is 1.93 bits per heavy atom. The smallest absolute Gasteiger partial charge is 0.123 e. The van der Waals surface area contributed by atoms with E-state index < -0.39 is 0 Å². The maximum atomic E-state index is 12.7. The molecule has 1 aromatic carbocycles. The van der Waals surface area contributed by atoms with Crippen LogP contribution in [0.5, 0.6) is 0 Å². The summed E-state index contributed by atoms with van der Waals surface area (Å²) in [6.45, 7) is 2.99. The van der Waals surface area contributed by atoms with Gasteiger partial charge in [-0.05, 0) is 54.8 Å². The Hall–Kier alpha value is -0.890. The van der Waals surface area contributed by atoms with Gasteiger partial charge in [-0.15, -0.1) is 0 Å². The summed E-state index contributed by atoms with van der Waals surface area (Å²) in [4.78, 5) is 0. The van der Waals surface area contributed by atoms with E-state index in [1.54, 1.807) is 0 Å². The zero-order valence-corrected chi connectivity index (χ0v) is 9.17. The lowest BCUT2D eigenvalue weighted by molar-refractivity contribution is 0.437. The van der Waals surface area contributed by atoms with E-state index in [1.807, 2.05) is 12.1 Å². The molecule has 0 aromatic heterocycles. The van der Waals surface area contributed by atoms with E-state index in [2.05, 4.69) is 6.92 Å². The first-order valence-electron chi connectivity index (χ1n) is 5.61. The first kappa shape index (κ1) is 10.6. The zero-order valence-electron chi connectivity index (χ0n) is 9.17. The molecular formula is C13H18FN. The van der Waals surface area contributed by atoms with Gasteiger partial charge in [0.2, 0.25) is 0 Å². The summed E-state index contributed by atoms with van der Waals surface area (Å²) in [5.41, 5.74) is 7.37. The van der Waals surface area contributed by atoms with Crippen molar-refractivity contribution >= 4 is 0 Å². The van der Waals surface area contributed by atoms with Crippen molar-refractivity contribution in [2.24, 2.45) is 11.1 Å². The van der Waals surface area contributed by atoms with Crippen molar-refractivity contribution in [3.8, 4) is 0 Å². The van der Waals surface area contributed by atoms with Gasteiger partial charge < -0.3 is 5.73 Å². The van der Waals surface area contributed by atoms with Gasteiger partial charge in [-0.25, -0.2) is 4.39 Å². The standard InChI is InChI=1S/C13H18FN/c1-10(8-13(9-15)6-7-13)11-2-4-12(14)5-3-11/h2-5,10H,6-9,15H2,1H3. The number of hydrogen-bond donors (Lipinski definition) is 1. The topological polar surface area (TPSA) is 26.0 Å². The summed E-state index contributed by atoms with van der Waals surface area (Å²) in [5.74, 6) is 0.322. The lowest BCUT2D eigenvalue weighted by atomic mass is 9.88. The van der Waals surface area contributed by atoms with Crippen LogP contribution in [0.4, 0.5) is 4.39 Å². The molecule has 82 valence electrons. The Morgan fingerprint density at radius 1 is 1.33 bits per heavy atom. The van der Waals surface area contributed by atoms with Crippen LogP contribution in [0, 0.1) is 11.2 Å². The molecule has 1 aliphatic rings. The van der Waals surface area contributed by atoms with Crippen LogP contribution in [0.3, 0.4) is 0 Å². The fourth-order valence-electron chi connectivity index (χ4n) is 2.23. The molecule has 1 saturated carbocycles. The fraction of sp³-hybridized carbons (Fsp3) is 0.538. The van der Waals surface area contributed by atoms with Gasteiger partial charge in [0.1, 0.15) is 5.82 Å². The Labute approximate surface area is 90.5 Å². The molecule has 1 atom stereocenters. The van der Waals surface area contributed by atoms with Gasteiger partial charge in [0, 0.05) is 0 Å². The van der Waals surface area contributed by atoms with Crippen LogP contribution in [-0.4, -0.2) is 6.54 Å². The van der Waals surface area contributed by atoms with Crippen LogP contribution in [0.25, 0.3) is 0 Å². The summed E-state index contributed by atoms with van der Waals surface area (Å²) in [5, 5.41) is 0. The SMILES string of the molecule is CC(CC1(CN)CC1)c1ccc(F)cc1.